The van der Waals surface area contributed by atoms with Crippen LogP contribution in [0.2, 0.25) is 0 Å². The number of carbonyl (C=O) groups excluding carboxylic acids is 4. The summed E-state index contributed by atoms with van der Waals surface area (Å²) in [5.41, 5.74) is 0. The van der Waals surface area contributed by atoms with E-state index in [0.29, 0.717) is 31.6 Å². The standard InChI is InChI=1S/C64H120O17P2/c1-6-9-12-15-18-21-23-24-25-26-27-30-33-39-44-49-63(68)80-59(53-75-62(67)48-43-38-32-29-22-19-16-13-10-7-2)55-78-82(70,71)76-51-58(65)52-77-83(72,73)79-56-60(81-64(69)50-45-40-35-34-36-41-46-57(4)5)54-74-61(66)47-42-37-31-28-20-17-14-11-8-3/h21,23-25,57-60,65H,6-20,22,26-56H2,1-5H3,(H,70,71)(H,72,73)/b23-21-,25-24-/t58-,59-,60-/m1/s1. The molecule has 3 N–H and O–H groups in total. The van der Waals surface area contributed by atoms with Gasteiger partial charge in [-0.15, -0.1) is 0 Å². The smallest absolute Gasteiger partial charge is 0.462 e. The fraction of sp³-hybridized carbons (Fsp3) is 0.875. The van der Waals surface area contributed by atoms with E-state index in [2.05, 4.69) is 58.9 Å². The van der Waals surface area contributed by atoms with Crippen LogP contribution in [0.25, 0.3) is 0 Å². The number of esters is 4. The van der Waals surface area contributed by atoms with Crippen molar-refractivity contribution in [1.29, 1.82) is 0 Å². The van der Waals surface area contributed by atoms with Gasteiger partial charge in [0, 0.05) is 25.7 Å². The summed E-state index contributed by atoms with van der Waals surface area (Å²) in [6, 6.07) is 0. The molecule has 0 aromatic rings. The van der Waals surface area contributed by atoms with E-state index in [1.165, 1.54) is 109 Å². The van der Waals surface area contributed by atoms with Gasteiger partial charge in [-0.2, -0.15) is 0 Å². The number of allylic oxidation sites excluding steroid dienone is 4. The topological polar surface area (TPSA) is 237 Å². The van der Waals surface area contributed by atoms with Crippen LogP contribution in [-0.4, -0.2) is 96.7 Å². The summed E-state index contributed by atoms with van der Waals surface area (Å²) in [6.07, 6.45) is 44.0. The van der Waals surface area contributed by atoms with Gasteiger partial charge in [-0.3, -0.25) is 37.3 Å². The number of hydrogen-bond donors (Lipinski definition) is 3. The van der Waals surface area contributed by atoms with Crippen molar-refractivity contribution in [3.8, 4) is 0 Å². The second-order valence-electron chi connectivity index (χ2n) is 22.9. The Bertz CT molecular complexity index is 1710. The number of ether oxygens (including phenoxy) is 4. The van der Waals surface area contributed by atoms with E-state index in [9.17, 15) is 43.2 Å². The largest absolute Gasteiger partial charge is 0.472 e. The van der Waals surface area contributed by atoms with Gasteiger partial charge in [-0.25, -0.2) is 9.13 Å². The Morgan fingerprint density at radius 1 is 0.373 bits per heavy atom. The minimum absolute atomic E-state index is 0.0849. The molecule has 0 fully saturated rings. The summed E-state index contributed by atoms with van der Waals surface area (Å²) in [5, 5.41) is 10.5. The molecule has 17 nitrogen and oxygen atoms in total. The van der Waals surface area contributed by atoms with Crippen LogP contribution in [0.5, 0.6) is 0 Å². The van der Waals surface area contributed by atoms with Gasteiger partial charge in [0.05, 0.1) is 26.4 Å². The molecule has 0 bridgehead atoms. The molecule has 0 aliphatic carbocycles. The Hall–Kier alpha value is -2.46. The lowest BCUT2D eigenvalue weighted by Gasteiger charge is -2.21. The fourth-order valence-corrected chi connectivity index (χ4v) is 10.6. The first kappa shape index (κ1) is 80.5. The number of aliphatic hydroxyl groups is 1. The molecule has 83 heavy (non-hydrogen) atoms. The highest BCUT2D eigenvalue weighted by Gasteiger charge is 2.30. The van der Waals surface area contributed by atoms with Crippen molar-refractivity contribution in [2.75, 3.05) is 39.6 Å². The third-order valence-corrected chi connectivity index (χ3v) is 16.1. The van der Waals surface area contributed by atoms with E-state index in [1.54, 1.807) is 0 Å². The second kappa shape index (κ2) is 57.3. The van der Waals surface area contributed by atoms with Crippen LogP contribution in [0, 0.1) is 5.92 Å². The minimum atomic E-state index is -4.95. The van der Waals surface area contributed by atoms with E-state index >= 15 is 0 Å². The zero-order valence-corrected chi connectivity index (χ0v) is 54.6. The van der Waals surface area contributed by atoms with Crippen LogP contribution in [0.1, 0.15) is 298 Å². The first-order valence-electron chi connectivity index (χ1n) is 33.0. The molecule has 0 saturated heterocycles. The predicted molar refractivity (Wildman–Crippen MR) is 331 cm³/mol. The van der Waals surface area contributed by atoms with E-state index in [4.69, 9.17) is 37.0 Å². The molecule has 2 unspecified atom stereocenters. The first-order valence-corrected chi connectivity index (χ1v) is 35.9. The summed E-state index contributed by atoms with van der Waals surface area (Å²) in [7, 11) is -9.89. The molecule has 0 aliphatic heterocycles. The van der Waals surface area contributed by atoms with Crippen molar-refractivity contribution in [2.45, 2.75) is 316 Å². The Morgan fingerprint density at radius 2 is 0.651 bits per heavy atom. The number of unbranched alkanes of at least 4 members (excludes halogenated alkanes) is 31. The number of phosphoric ester groups is 2. The van der Waals surface area contributed by atoms with Crippen molar-refractivity contribution >= 4 is 39.5 Å². The SMILES string of the molecule is CCCCCC/C=C\C=C/CCCCCCCC(=O)O[C@H](COC(=O)CCCCCCCCCCCC)COP(=O)(O)OC[C@@H](O)COP(=O)(O)OC[C@@H](COC(=O)CCCCCCCCCCC)OC(=O)CCCCCCCCC(C)C. The monoisotopic (exact) mass is 1220 g/mol. The molecule has 0 aromatic heterocycles. The van der Waals surface area contributed by atoms with Gasteiger partial charge in [-0.05, 0) is 57.3 Å². The molecule has 19 heteroatoms. The van der Waals surface area contributed by atoms with Crippen molar-refractivity contribution in [2.24, 2.45) is 5.92 Å². The third kappa shape index (κ3) is 58.3. The number of aliphatic hydroxyl groups excluding tert-OH is 1. The van der Waals surface area contributed by atoms with Gasteiger partial charge in [0.15, 0.2) is 12.2 Å². The van der Waals surface area contributed by atoms with E-state index < -0.39 is 97.5 Å². The van der Waals surface area contributed by atoms with Crippen molar-refractivity contribution < 1.29 is 80.2 Å². The average molecular weight is 1220 g/mol. The fourth-order valence-electron chi connectivity index (χ4n) is 9.04. The zero-order valence-electron chi connectivity index (χ0n) is 52.8. The summed E-state index contributed by atoms with van der Waals surface area (Å²) >= 11 is 0. The van der Waals surface area contributed by atoms with E-state index in [1.807, 2.05) is 0 Å². The van der Waals surface area contributed by atoms with Crippen molar-refractivity contribution in [1.82, 2.24) is 0 Å². The van der Waals surface area contributed by atoms with Gasteiger partial charge in [0.25, 0.3) is 0 Å². The maximum absolute atomic E-state index is 13.0. The normalized spacial score (nSPS) is 14.4. The van der Waals surface area contributed by atoms with Gasteiger partial charge >= 0.3 is 39.5 Å². The molecule has 0 radical (unpaired) electrons. The van der Waals surface area contributed by atoms with E-state index in [0.717, 1.165) is 103 Å². The van der Waals surface area contributed by atoms with Gasteiger partial charge in [-0.1, -0.05) is 245 Å². The Labute approximate surface area is 503 Å². The lowest BCUT2D eigenvalue weighted by atomic mass is 10.0. The molecule has 0 amide bonds. The summed E-state index contributed by atoms with van der Waals surface area (Å²) < 4.78 is 67.9. The minimum Gasteiger partial charge on any atom is -0.462 e. The van der Waals surface area contributed by atoms with Crippen molar-refractivity contribution in [3.05, 3.63) is 24.3 Å². The molecular formula is C64H120O17P2. The molecule has 0 spiro atoms. The second-order valence-corrected chi connectivity index (χ2v) is 25.8. The lowest BCUT2D eigenvalue weighted by molar-refractivity contribution is -0.161. The maximum Gasteiger partial charge on any atom is 0.472 e. The molecule has 0 heterocycles. The van der Waals surface area contributed by atoms with Crippen LogP contribution in [0.3, 0.4) is 0 Å². The van der Waals surface area contributed by atoms with Crippen LogP contribution in [-0.2, 0) is 65.4 Å². The Morgan fingerprint density at radius 3 is 0.988 bits per heavy atom. The number of rotatable bonds is 62. The molecule has 5 atom stereocenters. The summed E-state index contributed by atoms with van der Waals surface area (Å²) in [5.74, 6) is -1.50. The van der Waals surface area contributed by atoms with Crippen LogP contribution < -0.4 is 0 Å². The van der Waals surface area contributed by atoms with Crippen LogP contribution >= 0.6 is 15.6 Å². The first-order chi connectivity index (χ1) is 40.0. The molecular weight excluding hydrogens is 1100 g/mol. The number of hydrogen-bond acceptors (Lipinski definition) is 15. The maximum atomic E-state index is 13.0. The van der Waals surface area contributed by atoms with Gasteiger partial charge in [0.2, 0.25) is 0 Å². The Balaban J connectivity index is 5.26. The molecule has 0 aromatic carbocycles. The quantitative estimate of drug-likeness (QED) is 0.0169. The average Bonchev–Trinajstić information content (AvgIpc) is 3.45. The van der Waals surface area contributed by atoms with Crippen LogP contribution in [0.15, 0.2) is 24.3 Å². The van der Waals surface area contributed by atoms with Gasteiger partial charge < -0.3 is 33.8 Å². The molecule has 0 saturated carbocycles. The zero-order chi connectivity index (χ0) is 61.3. The number of phosphoric acid groups is 2. The molecule has 0 aliphatic rings. The summed E-state index contributed by atoms with van der Waals surface area (Å²) in [4.78, 5) is 72.1. The van der Waals surface area contributed by atoms with Crippen LogP contribution in [0.4, 0.5) is 0 Å². The highest BCUT2D eigenvalue weighted by molar-refractivity contribution is 7.47. The van der Waals surface area contributed by atoms with E-state index in [-0.39, 0.29) is 25.7 Å². The molecule has 0 rings (SSSR count). The Kier molecular flexibility index (Phi) is 55.6. The third-order valence-electron chi connectivity index (χ3n) is 14.2. The molecule has 488 valence electrons. The predicted octanol–water partition coefficient (Wildman–Crippen LogP) is 17.3. The highest BCUT2D eigenvalue weighted by Crippen LogP contribution is 2.45. The highest BCUT2D eigenvalue weighted by atomic mass is 31.2. The lowest BCUT2D eigenvalue weighted by Crippen LogP contribution is -2.30. The number of carbonyl (C=O) groups is 4. The summed E-state index contributed by atoms with van der Waals surface area (Å²) in [6.45, 7) is 7.01. The van der Waals surface area contributed by atoms with Crippen molar-refractivity contribution in [3.63, 3.8) is 0 Å². The van der Waals surface area contributed by atoms with Gasteiger partial charge in [0.1, 0.15) is 19.3 Å².